The molecule has 0 saturated carbocycles. The number of carbonyl (C=O) groups excluding carboxylic acids is 1. The number of amides is 1. The van der Waals surface area contributed by atoms with Gasteiger partial charge in [-0.3, -0.25) is 4.79 Å². The Kier molecular flexibility index (Phi) is 5.02. The minimum Gasteiger partial charge on any atom is -0.382 e. The van der Waals surface area contributed by atoms with Crippen LogP contribution in [0.2, 0.25) is 10.0 Å². The molecule has 0 aromatic heterocycles. The number of nitrogens with two attached hydrogens (primary N) is 1. The van der Waals surface area contributed by atoms with Crippen LogP contribution < -0.4 is 11.1 Å². The van der Waals surface area contributed by atoms with Crippen LogP contribution in [-0.2, 0) is 11.3 Å². The Morgan fingerprint density at radius 1 is 1.50 bits per heavy atom. The number of primary amides is 1. The molecule has 1 unspecified atom stereocenters. The van der Waals surface area contributed by atoms with E-state index in [9.17, 15) is 4.79 Å². The maximum Gasteiger partial charge on any atom is 0.247 e. The predicted molar refractivity (Wildman–Crippen MR) is 63.4 cm³/mol. The van der Waals surface area contributed by atoms with E-state index < -0.39 is 12.0 Å². The van der Waals surface area contributed by atoms with Crippen LogP contribution in [0.4, 0.5) is 0 Å². The zero-order chi connectivity index (χ0) is 12.1. The second-order valence-corrected chi connectivity index (χ2v) is 4.13. The quantitative estimate of drug-likeness (QED) is 0.739. The highest BCUT2D eigenvalue weighted by molar-refractivity contribution is 6.35. The minimum absolute atomic E-state index is 0.0916. The fourth-order valence-corrected chi connectivity index (χ4v) is 1.58. The van der Waals surface area contributed by atoms with Crippen LogP contribution in [0, 0.1) is 0 Å². The van der Waals surface area contributed by atoms with E-state index >= 15 is 0 Å². The molecule has 88 valence electrons. The molecule has 0 spiro atoms. The SMILES string of the molecule is NC(=O)C(O)CNCc1ccc(Cl)cc1Cl. The van der Waals surface area contributed by atoms with Crippen molar-refractivity contribution in [1.82, 2.24) is 5.32 Å². The van der Waals surface area contributed by atoms with Gasteiger partial charge >= 0.3 is 0 Å². The Hall–Kier alpha value is -0.810. The first-order valence-electron chi connectivity index (χ1n) is 4.62. The van der Waals surface area contributed by atoms with Crippen LogP contribution in [0.1, 0.15) is 5.56 Å². The molecule has 0 aliphatic carbocycles. The molecule has 0 aliphatic heterocycles. The smallest absolute Gasteiger partial charge is 0.247 e. The first kappa shape index (κ1) is 13.3. The van der Waals surface area contributed by atoms with E-state index in [1.54, 1.807) is 18.2 Å². The number of carbonyl (C=O) groups is 1. The lowest BCUT2D eigenvalue weighted by Crippen LogP contribution is -2.37. The lowest BCUT2D eigenvalue weighted by Gasteiger charge is -2.09. The first-order valence-corrected chi connectivity index (χ1v) is 5.38. The van der Waals surface area contributed by atoms with E-state index in [1.807, 2.05) is 0 Å². The van der Waals surface area contributed by atoms with Crippen LogP contribution in [0.15, 0.2) is 18.2 Å². The van der Waals surface area contributed by atoms with Gasteiger partial charge in [-0.05, 0) is 17.7 Å². The molecule has 0 saturated heterocycles. The fourth-order valence-electron chi connectivity index (χ4n) is 1.11. The summed E-state index contributed by atoms with van der Waals surface area (Å²) in [6.07, 6.45) is -1.19. The summed E-state index contributed by atoms with van der Waals surface area (Å²) in [5.41, 5.74) is 5.73. The standard InChI is InChI=1S/C10H12Cl2N2O2/c11-7-2-1-6(8(12)3-7)4-14-5-9(15)10(13)16/h1-3,9,14-15H,4-5H2,(H2,13,16). The van der Waals surface area contributed by atoms with Crippen LogP contribution in [-0.4, -0.2) is 23.7 Å². The van der Waals surface area contributed by atoms with E-state index in [2.05, 4.69) is 5.32 Å². The Bertz CT molecular complexity index is 385. The van der Waals surface area contributed by atoms with Crippen molar-refractivity contribution in [2.75, 3.05) is 6.54 Å². The van der Waals surface area contributed by atoms with Gasteiger partial charge in [0.2, 0.25) is 5.91 Å². The van der Waals surface area contributed by atoms with E-state index in [-0.39, 0.29) is 6.54 Å². The predicted octanol–water partition coefficient (Wildman–Crippen LogP) is 0.929. The summed E-state index contributed by atoms with van der Waals surface area (Å²) in [5.74, 6) is -0.755. The number of hydrogen-bond acceptors (Lipinski definition) is 3. The van der Waals surface area contributed by atoms with Gasteiger partial charge < -0.3 is 16.2 Å². The number of aliphatic hydroxyl groups excluding tert-OH is 1. The molecule has 4 nitrogen and oxygen atoms in total. The van der Waals surface area contributed by atoms with Gasteiger partial charge in [0.15, 0.2) is 0 Å². The largest absolute Gasteiger partial charge is 0.382 e. The van der Waals surface area contributed by atoms with Crippen LogP contribution >= 0.6 is 23.2 Å². The number of nitrogens with one attached hydrogen (secondary N) is 1. The number of rotatable bonds is 5. The summed E-state index contributed by atoms with van der Waals surface area (Å²) in [6, 6.07) is 5.12. The summed E-state index contributed by atoms with van der Waals surface area (Å²) in [4.78, 5) is 10.5. The highest BCUT2D eigenvalue weighted by Gasteiger charge is 2.09. The molecule has 4 N–H and O–H groups in total. The highest BCUT2D eigenvalue weighted by Crippen LogP contribution is 2.20. The lowest BCUT2D eigenvalue weighted by atomic mass is 10.2. The van der Waals surface area contributed by atoms with Crippen LogP contribution in [0.3, 0.4) is 0 Å². The van der Waals surface area contributed by atoms with Crippen molar-refractivity contribution in [3.63, 3.8) is 0 Å². The van der Waals surface area contributed by atoms with Crippen molar-refractivity contribution >= 4 is 29.1 Å². The molecule has 0 fully saturated rings. The minimum atomic E-state index is -1.19. The van der Waals surface area contributed by atoms with Crippen molar-refractivity contribution in [1.29, 1.82) is 0 Å². The van der Waals surface area contributed by atoms with Crippen LogP contribution in [0.25, 0.3) is 0 Å². The second-order valence-electron chi connectivity index (χ2n) is 3.28. The molecule has 0 bridgehead atoms. The molecule has 1 aromatic carbocycles. The van der Waals surface area contributed by atoms with Gasteiger partial charge in [0, 0.05) is 23.1 Å². The molecule has 1 rings (SSSR count). The van der Waals surface area contributed by atoms with Gasteiger partial charge in [0.1, 0.15) is 6.10 Å². The Balaban J connectivity index is 2.46. The van der Waals surface area contributed by atoms with E-state index in [1.165, 1.54) is 0 Å². The maximum atomic E-state index is 10.5. The van der Waals surface area contributed by atoms with Crippen molar-refractivity contribution in [2.24, 2.45) is 5.73 Å². The Labute approximate surface area is 103 Å². The van der Waals surface area contributed by atoms with Crippen molar-refractivity contribution in [3.8, 4) is 0 Å². The average Bonchev–Trinajstić information content (AvgIpc) is 2.20. The van der Waals surface area contributed by atoms with Gasteiger partial charge in [-0.15, -0.1) is 0 Å². The molecular weight excluding hydrogens is 251 g/mol. The average molecular weight is 263 g/mol. The highest BCUT2D eigenvalue weighted by atomic mass is 35.5. The van der Waals surface area contributed by atoms with Gasteiger partial charge in [-0.2, -0.15) is 0 Å². The fraction of sp³-hybridized carbons (Fsp3) is 0.300. The zero-order valence-electron chi connectivity index (χ0n) is 8.41. The third-order valence-corrected chi connectivity index (χ3v) is 2.58. The summed E-state index contributed by atoms with van der Waals surface area (Å²) in [7, 11) is 0. The molecule has 0 heterocycles. The summed E-state index contributed by atoms with van der Waals surface area (Å²) < 4.78 is 0. The molecular formula is C10H12Cl2N2O2. The second kappa shape index (κ2) is 6.06. The normalized spacial score (nSPS) is 12.4. The maximum absolute atomic E-state index is 10.5. The molecule has 1 aromatic rings. The topological polar surface area (TPSA) is 75.4 Å². The summed E-state index contributed by atoms with van der Waals surface area (Å²) >= 11 is 11.7. The Morgan fingerprint density at radius 2 is 2.19 bits per heavy atom. The summed E-state index contributed by atoms with van der Waals surface area (Å²) in [5, 5.41) is 13.1. The monoisotopic (exact) mass is 262 g/mol. The van der Waals surface area contributed by atoms with Gasteiger partial charge in [0.05, 0.1) is 0 Å². The van der Waals surface area contributed by atoms with E-state index in [0.717, 1.165) is 5.56 Å². The van der Waals surface area contributed by atoms with Crippen molar-refractivity contribution < 1.29 is 9.90 Å². The molecule has 1 atom stereocenters. The van der Waals surface area contributed by atoms with Gasteiger partial charge in [-0.25, -0.2) is 0 Å². The first-order chi connectivity index (χ1) is 7.50. The molecule has 6 heteroatoms. The van der Waals surface area contributed by atoms with Gasteiger partial charge in [0.25, 0.3) is 0 Å². The number of benzene rings is 1. The van der Waals surface area contributed by atoms with E-state index in [4.69, 9.17) is 34.0 Å². The lowest BCUT2D eigenvalue weighted by molar-refractivity contribution is -0.125. The van der Waals surface area contributed by atoms with Gasteiger partial charge in [-0.1, -0.05) is 29.3 Å². The molecule has 0 radical (unpaired) electrons. The molecule has 0 aliphatic rings. The van der Waals surface area contributed by atoms with Crippen molar-refractivity contribution in [2.45, 2.75) is 12.6 Å². The van der Waals surface area contributed by atoms with Crippen LogP contribution in [0.5, 0.6) is 0 Å². The zero-order valence-corrected chi connectivity index (χ0v) is 9.92. The number of hydrogen-bond donors (Lipinski definition) is 3. The molecule has 1 amide bonds. The number of aliphatic hydroxyl groups is 1. The van der Waals surface area contributed by atoms with E-state index in [0.29, 0.717) is 16.6 Å². The van der Waals surface area contributed by atoms with Crippen molar-refractivity contribution in [3.05, 3.63) is 33.8 Å². The third-order valence-electron chi connectivity index (χ3n) is 2.00. The Morgan fingerprint density at radius 3 is 2.75 bits per heavy atom. The summed E-state index contributed by atoms with van der Waals surface area (Å²) in [6.45, 7) is 0.522. The number of halogens is 2. The third kappa shape index (κ3) is 3.98. The molecule has 16 heavy (non-hydrogen) atoms.